The van der Waals surface area contributed by atoms with Gasteiger partial charge in [-0.05, 0) is 68.9 Å². The molecular formula is C24H29FN2O3S. The zero-order valence-corrected chi connectivity index (χ0v) is 18.9. The van der Waals surface area contributed by atoms with E-state index in [4.69, 9.17) is 0 Å². The van der Waals surface area contributed by atoms with Crippen LogP contribution in [-0.4, -0.2) is 43.2 Å². The number of carbonyl (C=O) groups excluding carboxylic acids is 1. The summed E-state index contributed by atoms with van der Waals surface area (Å²) in [6.07, 6.45) is 2.84. The molecule has 2 aromatic rings. The number of sulfonamides is 1. The highest BCUT2D eigenvalue weighted by atomic mass is 32.2. The van der Waals surface area contributed by atoms with Gasteiger partial charge >= 0.3 is 0 Å². The minimum absolute atomic E-state index is 0.0231. The highest BCUT2D eigenvalue weighted by Crippen LogP contribution is 2.35. The Kier molecular flexibility index (Phi) is 6.17. The Bertz CT molecular complexity index is 1060. The van der Waals surface area contributed by atoms with Gasteiger partial charge in [-0.1, -0.05) is 29.8 Å². The standard InChI is InChI=1S/C24H29FN2O3S/c1-17-5-10-23(18(2)16-17)31(29,30)26-14-11-20(12-15-26)24(28)27-13-3-4-22(27)19-6-8-21(25)9-7-19/h5-10,16,20,22H,3-4,11-15H2,1-2H3/t22-/m0/s1. The molecule has 0 N–H and O–H groups in total. The van der Waals surface area contributed by atoms with Crippen molar-refractivity contribution in [3.05, 3.63) is 65.0 Å². The molecule has 2 fully saturated rings. The van der Waals surface area contributed by atoms with E-state index in [1.807, 2.05) is 30.9 Å². The number of piperidine rings is 1. The van der Waals surface area contributed by atoms with Crippen molar-refractivity contribution >= 4 is 15.9 Å². The van der Waals surface area contributed by atoms with Crippen LogP contribution in [0.15, 0.2) is 47.4 Å². The summed E-state index contributed by atoms with van der Waals surface area (Å²) < 4.78 is 41.0. The van der Waals surface area contributed by atoms with Gasteiger partial charge in [-0.3, -0.25) is 4.79 Å². The summed E-state index contributed by atoms with van der Waals surface area (Å²) in [6.45, 7) is 5.15. The Hall–Kier alpha value is -2.25. The summed E-state index contributed by atoms with van der Waals surface area (Å²) in [7, 11) is -3.56. The molecule has 2 aliphatic heterocycles. The van der Waals surface area contributed by atoms with Gasteiger partial charge in [-0.15, -0.1) is 0 Å². The van der Waals surface area contributed by atoms with Gasteiger partial charge in [0.15, 0.2) is 0 Å². The minimum atomic E-state index is -3.56. The van der Waals surface area contributed by atoms with E-state index in [0.29, 0.717) is 37.4 Å². The second-order valence-electron chi connectivity index (χ2n) is 8.69. The molecule has 0 unspecified atom stereocenters. The zero-order chi connectivity index (χ0) is 22.2. The first-order chi connectivity index (χ1) is 14.8. The van der Waals surface area contributed by atoms with Crippen molar-refractivity contribution in [3.63, 3.8) is 0 Å². The third-order valence-electron chi connectivity index (χ3n) is 6.54. The van der Waals surface area contributed by atoms with E-state index in [1.165, 1.54) is 16.4 Å². The molecule has 1 atom stereocenters. The van der Waals surface area contributed by atoms with Gasteiger partial charge in [0.1, 0.15) is 5.82 Å². The number of amides is 1. The Morgan fingerprint density at radius 1 is 0.968 bits per heavy atom. The Morgan fingerprint density at radius 3 is 2.29 bits per heavy atom. The van der Waals surface area contributed by atoms with Crippen molar-refractivity contribution in [2.75, 3.05) is 19.6 Å². The van der Waals surface area contributed by atoms with Crippen LogP contribution < -0.4 is 0 Å². The number of hydrogen-bond acceptors (Lipinski definition) is 3. The van der Waals surface area contributed by atoms with E-state index in [2.05, 4.69) is 0 Å². The fourth-order valence-corrected chi connectivity index (χ4v) is 6.54. The highest BCUT2D eigenvalue weighted by molar-refractivity contribution is 7.89. The number of carbonyl (C=O) groups is 1. The van der Waals surface area contributed by atoms with Crippen LogP contribution >= 0.6 is 0 Å². The van der Waals surface area contributed by atoms with Crippen molar-refractivity contribution in [1.29, 1.82) is 0 Å². The lowest BCUT2D eigenvalue weighted by Gasteiger charge is -2.34. The summed E-state index contributed by atoms with van der Waals surface area (Å²) in [5, 5.41) is 0. The quantitative estimate of drug-likeness (QED) is 0.710. The first-order valence-corrected chi connectivity index (χ1v) is 12.3. The van der Waals surface area contributed by atoms with Gasteiger partial charge in [0.2, 0.25) is 15.9 Å². The van der Waals surface area contributed by atoms with Gasteiger partial charge in [-0.2, -0.15) is 4.31 Å². The summed E-state index contributed by atoms with van der Waals surface area (Å²) >= 11 is 0. The molecule has 2 heterocycles. The van der Waals surface area contributed by atoms with Crippen LogP contribution in [0.25, 0.3) is 0 Å². The smallest absolute Gasteiger partial charge is 0.243 e. The third-order valence-corrected chi connectivity index (χ3v) is 8.60. The van der Waals surface area contributed by atoms with Crippen LogP contribution in [0.2, 0.25) is 0 Å². The molecule has 0 spiro atoms. The molecule has 0 radical (unpaired) electrons. The molecule has 4 rings (SSSR count). The molecule has 31 heavy (non-hydrogen) atoms. The first-order valence-electron chi connectivity index (χ1n) is 10.9. The van der Waals surface area contributed by atoms with Crippen LogP contribution in [-0.2, 0) is 14.8 Å². The molecule has 0 bridgehead atoms. The van der Waals surface area contributed by atoms with E-state index in [-0.39, 0.29) is 23.7 Å². The molecule has 5 nitrogen and oxygen atoms in total. The topological polar surface area (TPSA) is 57.7 Å². The molecule has 2 saturated heterocycles. The highest BCUT2D eigenvalue weighted by Gasteiger charge is 2.37. The molecule has 2 aromatic carbocycles. The lowest BCUT2D eigenvalue weighted by molar-refractivity contribution is -0.137. The normalized spacial score (nSPS) is 20.9. The van der Waals surface area contributed by atoms with Gasteiger partial charge in [0.25, 0.3) is 0 Å². The molecule has 0 aromatic heterocycles. The van der Waals surface area contributed by atoms with Crippen LogP contribution in [0, 0.1) is 25.6 Å². The number of rotatable bonds is 4. The van der Waals surface area contributed by atoms with Gasteiger partial charge in [0, 0.05) is 25.6 Å². The lowest BCUT2D eigenvalue weighted by Crippen LogP contribution is -2.44. The molecule has 0 saturated carbocycles. The van der Waals surface area contributed by atoms with E-state index in [9.17, 15) is 17.6 Å². The molecule has 166 valence electrons. The molecule has 7 heteroatoms. The van der Waals surface area contributed by atoms with E-state index >= 15 is 0 Å². The molecule has 1 amide bonds. The predicted octanol–water partition coefficient (Wildman–Crippen LogP) is 4.21. The second kappa shape index (κ2) is 8.71. The predicted molar refractivity (Wildman–Crippen MR) is 117 cm³/mol. The second-order valence-corrected chi connectivity index (χ2v) is 10.6. The number of hydrogen-bond donors (Lipinski definition) is 0. The number of likely N-dealkylation sites (tertiary alicyclic amines) is 1. The molecular weight excluding hydrogens is 415 g/mol. The SMILES string of the molecule is Cc1ccc(S(=O)(=O)N2CCC(C(=O)N3CCC[C@H]3c3ccc(F)cc3)CC2)c(C)c1. The number of nitrogens with zero attached hydrogens (tertiary/aromatic N) is 2. The van der Waals surface area contributed by atoms with E-state index < -0.39 is 10.0 Å². The van der Waals surface area contributed by atoms with Gasteiger partial charge in [0.05, 0.1) is 10.9 Å². The summed E-state index contributed by atoms with van der Waals surface area (Å²) in [4.78, 5) is 15.5. The average molecular weight is 445 g/mol. The zero-order valence-electron chi connectivity index (χ0n) is 18.1. The maximum Gasteiger partial charge on any atom is 0.243 e. The van der Waals surface area contributed by atoms with E-state index in [0.717, 1.165) is 29.5 Å². The van der Waals surface area contributed by atoms with Crippen molar-refractivity contribution in [2.45, 2.75) is 50.5 Å². The largest absolute Gasteiger partial charge is 0.335 e. The van der Waals surface area contributed by atoms with Crippen LogP contribution in [0.4, 0.5) is 4.39 Å². The number of halogens is 1. The van der Waals surface area contributed by atoms with Crippen molar-refractivity contribution < 1.29 is 17.6 Å². The van der Waals surface area contributed by atoms with Crippen molar-refractivity contribution in [3.8, 4) is 0 Å². The van der Waals surface area contributed by atoms with E-state index in [1.54, 1.807) is 18.2 Å². The van der Waals surface area contributed by atoms with Crippen LogP contribution in [0.5, 0.6) is 0 Å². The van der Waals surface area contributed by atoms with Gasteiger partial charge < -0.3 is 4.90 Å². The number of aryl methyl sites for hydroxylation is 2. The third kappa shape index (κ3) is 4.39. The van der Waals surface area contributed by atoms with Crippen LogP contribution in [0.3, 0.4) is 0 Å². The van der Waals surface area contributed by atoms with Gasteiger partial charge in [-0.25, -0.2) is 12.8 Å². The fraction of sp³-hybridized carbons (Fsp3) is 0.458. The maximum absolute atomic E-state index is 13.3. The van der Waals surface area contributed by atoms with Crippen LogP contribution in [0.1, 0.15) is 48.4 Å². The molecule has 2 aliphatic rings. The average Bonchev–Trinajstić information content (AvgIpc) is 3.23. The first kappa shape index (κ1) is 22.0. The summed E-state index contributed by atoms with van der Waals surface area (Å²) in [5.41, 5.74) is 2.74. The van der Waals surface area contributed by atoms with Crippen molar-refractivity contribution in [1.82, 2.24) is 9.21 Å². The Balaban J connectivity index is 1.43. The lowest BCUT2D eigenvalue weighted by atomic mass is 9.95. The fourth-order valence-electron chi connectivity index (χ4n) is 4.87. The minimum Gasteiger partial charge on any atom is -0.335 e. The molecule has 0 aliphatic carbocycles. The van der Waals surface area contributed by atoms with Crippen molar-refractivity contribution in [2.24, 2.45) is 5.92 Å². The summed E-state index contributed by atoms with van der Waals surface area (Å²) in [6, 6.07) is 11.7. The Labute approximate surface area is 183 Å². The summed E-state index contributed by atoms with van der Waals surface area (Å²) in [5.74, 6) is -0.362. The number of benzene rings is 2. The Morgan fingerprint density at radius 2 is 1.65 bits per heavy atom. The maximum atomic E-state index is 13.3. The monoisotopic (exact) mass is 444 g/mol.